The molecule has 0 radical (unpaired) electrons. The van der Waals surface area contributed by atoms with Crippen molar-refractivity contribution in [3.63, 3.8) is 0 Å². The average Bonchev–Trinajstić information content (AvgIpc) is 3.27. The molecule has 4 aromatic rings. The summed E-state index contributed by atoms with van der Waals surface area (Å²) in [5.41, 5.74) is 3.06. The normalized spacial score (nSPS) is 10.9. The highest BCUT2D eigenvalue weighted by Gasteiger charge is 2.18. The molecule has 0 saturated carbocycles. The second-order valence-electron chi connectivity index (χ2n) is 7.80. The Balaban J connectivity index is 1.53. The van der Waals surface area contributed by atoms with Gasteiger partial charge in [-0.3, -0.25) is 9.78 Å². The summed E-state index contributed by atoms with van der Waals surface area (Å²) in [5.74, 6) is 1.40. The average molecular weight is 462 g/mol. The van der Waals surface area contributed by atoms with E-state index in [1.807, 2.05) is 6.07 Å². The van der Waals surface area contributed by atoms with Gasteiger partial charge in [-0.1, -0.05) is 49.7 Å². The van der Waals surface area contributed by atoms with E-state index >= 15 is 0 Å². The molecule has 7 nitrogen and oxygen atoms in total. The van der Waals surface area contributed by atoms with Crippen LogP contribution in [0, 0.1) is 0 Å². The Morgan fingerprint density at radius 3 is 2.52 bits per heavy atom. The Morgan fingerprint density at radius 1 is 1.09 bits per heavy atom. The topological polar surface area (TPSA) is 81.9 Å². The number of aromatic nitrogens is 4. The molecule has 0 spiro atoms. The number of pyridine rings is 1. The molecule has 0 aliphatic heterocycles. The number of carbonyl (C=O) groups excluding carboxylic acids is 1. The molecule has 2 aromatic carbocycles. The third-order valence-electron chi connectivity index (χ3n) is 5.04. The highest BCUT2D eigenvalue weighted by atomic mass is 35.5. The fourth-order valence-corrected chi connectivity index (χ4v) is 3.28. The molecule has 2 heterocycles. The van der Waals surface area contributed by atoms with E-state index in [9.17, 15) is 4.79 Å². The van der Waals surface area contributed by atoms with Gasteiger partial charge < -0.3 is 10.1 Å². The zero-order valence-corrected chi connectivity index (χ0v) is 19.2. The van der Waals surface area contributed by atoms with Crippen LogP contribution in [0.2, 0.25) is 5.02 Å². The summed E-state index contributed by atoms with van der Waals surface area (Å²) in [6.45, 7) is 4.62. The Morgan fingerprint density at radius 2 is 1.85 bits per heavy atom. The van der Waals surface area contributed by atoms with Gasteiger partial charge in [-0.25, -0.2) is 0 Å². The minimum Gasteiger partial charge on any atom is -0.484 e. The zero-order chi connectivity index (χ0) is 23.2. The van der Waals surface area contributed by atoms with E-state index in [1.165, 1.54) is 10.2 Å². The van der Waals surface area contributed by atoms with Gasteiger partial charge in [0.25, 0.3) is 5.91 Å². The summed E-state index contributed by atoms with van der Waals surface area (Å²) in [4.78, 5) is 21.6. The Labute approximate surface area is 197 Å². The first-order valence-electron chi connectivity index (χ1n) is 10.6. The molecule has 33 heavy (non-hydrogen) atoms. The van der Waals surface area contributed by atoms with Crippen LogP contribution in [0.3, 0.4) is 0 Å². The lowest BCUT2D eigenvalue weighted by molar-refractivity contribution is 0.0824. The first-order chi connectivity index (χ1) is 16.0. The lowest BCUT2D eigenvalue weighted by Crippen LogP contribution is -2.22. The van der Waals surface area contributed by atoms with E-state index in [0.29, 0.717) is 40.6 Å². The Bertz CT molecular complexity index is 1210. The summed E-state index contributed by atoms with van der Waals surface area (Å²) in [6, 6.07) is 18.8. The van der Waals surface area contributed by atoms with Crippen molar-refractivity contribution in [1.82, 2.24) is 19.7 Å². The summed E-state index contributed by atoms with van der Waals surface area (Å²) in [6.07, 6.45) is 3.33. The highest BCUT2D eigenvalue weighted by Crippen LogP contribution is 2.20. The van der Waals surface area contributed by atoms with Crippen molar-refractivity contribution in [3.8, 4) is 17.1 Å². The zero-order valence-electron chi connectivity index (χ0n) is 18.4. The van der Waals surface area contributed by atoms with Crippen molar-refractivity contribution < 1.29 is 9.53 Å². The van der Waals surface area contributed by atoms with Gasteiger partial charge in [-0.2, -0.15) is 9.67 Å². The number of halogens is 1. The molecule has 0 aliphatic rings. The van der Waals surface area contributed by atoms with Gasteiger partial charge >= 0.3 is 0 Å². The van der Waals surface area contributed by atoms with Crippen LogP contribution in [-0.4, -0.2) is 32.3 Å². The molecular formula is C25H24ClN5O2. The Hall–Kier alpha value is -3.71. The van der Waals surface area contributed by atoms with Crippen molar-refractivity contribution in [3.05, 3.63) is 89.2 Å². The SMILES string of the molecule is CC(C)c1ccc(CNc2nc(-c3cccnc3)nn2C(=O)COc2ccc(Cl)cc2)cc1. The number of benzene rings is 2. The molecule has 0 unspecified atom stereocenters. The summed E-state index contributed by atoms with van der Waals surface area (Å²) >= 11 is 5.90. The molecule has 4 rings (SSSR count). The van der Waals surface area contributed by atoms with Gasteiger partial charge in [0.15, 0.2) is 12.4 Å². The van der Waals surface area contributed by atoms with Crippen LogP contribution in [0.4, 0.5) is 5.95 Å². The molecule has 0 amide bonds. The molecule has 168 valence electrons. The summed E-state index contributed by atoms with van der Waals surface area (Å²) in [7, 11) is 0. The van der Waals surface area contributed by atoms with Crippen LogP contribution >= 0.6 is 11.6 Å². The Kier molecular flexibility index (Phi) is 7.00. The third-order valence-corrected chi connectivity index (χ3v) is 5.29. The monoisotopic (exact) mass is 461 g/mol. The molecule has 0 atom stereocenters. The minimum atomic E-state index is -0.356. The maximum atomic E-state index is 12.9. The van der Waals surface area contributed by atoms with E-state index in [0.717, 1.165) is 5.56 Å². The number of nitrogens with one attached hydrogen (secondary N) is 1. The first kappa shape index (κ1) is 22.5. The minimum absolute atomic E-state index is 0.199. The lowest BCUT2D eigenvalue weighted by atomic mass is 10.0. The van der Waals surface area contributed by atoms with Gasteiger partial charge in [-0.15, -0.1) is 5.10 Å². The summed E-state index contributed by atoms with van der Waals surface area (Å²) < 4.78 is 6.85. The van der Waals surface area contributed by atoms with Crippen molar-refractivity contribution in [1.29, 1.82) is 0 Å². The number of carbonyl (C=O) groups is 1. The molecule has 0 saturated heterocycles. The van der Waals surface area contributed by atoms with Crippen molar-refractivity contribution in [2.45, 2.75) is 26.3 Å². The third kappa shape index (κ3) is 5.75. The van der Waals surface area contributed by atoms with Gasteiger partial charge in [0.05, 0.1) is 0 Å². The van der Waals surface area contributed by atoms with E-state index in [-0.39, 0.29) is 12.5 Å². The van der Waals surface area contributed by atoms with E-state index < -0.39 is 0 Å². The molecular weight excluding hydrogens is 438 g/mol. The van der Waals surface area contributed by atoms with Crippen molar-refractivity contribution in [2.75, 3.05) is 11.9 Å². The van der Waals surface area contributed by atoms with Gasteiger partial charge in [0.2, 0.25) is 5.95 Å². The maximum absolute atomic E-state index is 12.9. The molecule has 1 N–H and O–H groups in total. The van der Waals surface area contributed by atoms with Crippen LogP contribution < -0.4 is 10.1 Å². The second kappa shape index (κ2) is 10.3. The fraction of sp³-hybridized carbons (Fsp3) is 0.200. The predicted octanol–water partition coefficient (Wildman–Crippen LogP) is 5.45. The number of hydrogen-bond donors (Lipinski definition) is 1. The van der Waals surface area contributed by atoms with Crippen molar-refractivity contribution in [2.24, 2.45) is 0 Å². The standard InChI is InChI=1S/C25H24ClN5O2/c1-17(2)19-7-5-18(6-8-19)14-28-25-29-24(20-4-3-13-27-15-20)30-31(25)23(32)16-33-22-11-9-21(26)10-12-22/h3-13,15,17H,14,16H2,1-2H3,(H,28,29,30). The van der Waals surface area contributed by atoms with Crippen molar-refractivity contribution >= 4 is 23.5 Å². The fourth-order valence-electron chi connectivity index (χ4n) is 3.16. The van der Waals surface area contributed by atoms with Crippen LogP contribution in [0.25, 0.3) is 11.4 Å². The van der Waals surface area contributed by atoms with Crippen LogP contribution in [0.1, 0.15) is 35.7 Å². The number of nitrogens with zero attached hydrogens (tertiary/aromatic N) is 4. The summed E-state index contributed by atoms with van der Waals surface area (Å²) in [5, 5.41) is 8.24. The second-order valence-corrected chi connectivity index (χ2v) is 8.24. The van der Waals surface area contributed by atoms with Crippen LogP contribution in [0.5, 0.6) is 5.75 Å². The predicted molar refractivity (Wildman–Crippen MR) is 129 cm³/mol. The van der Waals surface area contributed by atoms with Crippen LogP contribution in [0.15, 0.2) is 73.1 Å². The number of ether oxygens (including phenoxy) is 1. The first-order valence-corrected chi connectivity index (χ1v) is 11.0. The maximum Gasteiger partial charge on any atom is 0.287 e. The van der Waals surface area contributed by atoms with E-state index in [4.69, 9.17) is 16.3 Å². The van der Waals surface area contributed by atoms with Gasteiger partial charge in [0.1, 0.15) is 5.75 Å². The molecule has 8 heteroatoms. The number of hydrogen-bond acceptors (Lipinski definition) is 6. The van der Waals surface area contributed by atoms with Crippen LogP contribution in [-0.2, 0) is 6.54 Å². The lowest BCUT2D eigenvalue weighted by Gasteiger charge is -2.10. The number of rotatable bonds is 8. The van der Waals surface area contributed by atoms with E-state index in [1.54, 1.807) is 42.7 Å². The van der Waals surface area contributed by atoms with E-state index in [2.05, 4.69) is 58.5 Å². The molecule has 0 bridgehead atoms. The quantitative estimate of drug-likeness (QED) is 0.376. The molecule has 0 aliphatic carbocycles. The highest BCUT2D eigenvalue weighted by molar-refractivity contribution is 6.30. The largest absolute Gasteiger partial charge is 0.484 e. The molecule has 2 aromatic heterocycles. The van der Waals surface area contributed by atoms with Gasteiger partial charge in [0, 0.05) is 29.5 Å². The smallest absolute Gasteiger partial charge is 0.287 e. The number of anilines is 1. The molecule has 0 fully saturated rings. The van der Waals surface area contributed by atoms with Gasteiger partial charge in [-0.05, 0) is 53.4 Å².